The van der Waals surface area contributed by atoms with Gasteiger partial charge < -0.3 is 10.2 Å². The molecule has 0 saturated heterocycles. The molecular formula is C13H18O2. The minimum absolute atomic E-state index is 0.383. The number of hydrogen-bond acceptors (Lipinski definition) is 2. The fourth-order valence-corrected chi connectivity index (χ4v) is 1.46. The zero-order chi connectivity index (χ0) is 11.1. The molecule has 2 atom stereocenters. The predicted molar refractivity (Wildman–Crippen MR) is 61.5 cm³/mol. The molecule has 0 aliphatic carbocycles. The van der Waals surface area contributed by atoms with Gasteiger partial charge in [0.25, 0.3) is 0 Å². The van der Waals surface area contributed by atoms with Crippen molar-refractivity contribution >= 4 is 0 Å². The van der Waals surface area contributed by atoms with Crippen molar-refractivity contribution in [2.45, 2.75) is 32.0 Å². The van der Waals surface area contributed by atoms with Gasteiger partial charge in [-0.05, 0) is 18.9 Å². The third-order valence-corrected chi connectivity index (χ3v) is 2.32. The van der Waals surface area contributed by atoms with Crippen molar-refractivity contribution in [3.63, 3.8) is 0 Å². The van der Waals surface area contributed by atoms with Gasteiger partial charge in [0.2, 0.25) is 0 Å². The van der Waals surface area contributed by atoms with E-state index in [1.54, 1.807) is 0 Å². The minimum atomic E-state index is -0.577. The molecule has 1 aromatic rings. The molecule has 0 bridgehead atoms. The van der Waals surface area contributed by atoms with Gasteiger partial charge in [-0.15, -0.1) is 0 Å². The van der Waals surface area contributed by atoms with Crippen LogP contribution in [-0.4, -0.2) is 16.3 Å². The van der Waals surface area contributed by atoms with Crippen LogP contribution in [0.5, 0.6) is 0 Å². The monoisotopic (exact) mass is 206 g/mol. The molecule has 0 radical (unpaired) electrons. The highest BCUT2D eigenvalue weighted by molar-refractivity contribution is 5.17. The first-order valence-electron chi connectivity index (χ1n) is 5.26. The van der Waals surface area contributed by atoms with Gasteiger partial charge in [0, 0.05) is 6.42 Å². The average Bonchev–Trinajstić information content (AvgIpc) is 2.27. The van der Waals surface area contributed by atoms with Crippen LogP contribution in [0.4, 0.5) is 0 Å². The smallest absolute Gasteiger partial charge is 0.0814 e. The highest BCUT2D eigenvalue weighted by Gasteiger charge is 2.11. The highest BCUT2D eigenvalue weighted by atomic mass is 16.3. The number of aliphatic hydroxyl groups is 2. The topological polar surface area (TPSA) is 40.5 Å². The number of hydrogen-bond donors (Lipinski definition) is 2. The van der Waals surface area contributed by atoms with Crippen LogP contribution in [0, 0.1) is 0 Å². The fourth-order valence-electron chi connectivity index (χ4n) is 1.46. The Bertz CT molecular complexity index is 293. The predicted octanol–water partition coefficient (Wildman–Crippen LogP) is 2.44. The van der Waals surface area contributed by atoms with E-state index in [9.17, 15) is 10.2 Å². The SMILES string of the molecule is C/C=C/C[C@@H](O)C[C@H](O)c1ccccc1. The number of rotatable bonds is 5. The van der Waals surface area contributed by atoms with Crippen LogP contribution in [0.3, 0.4) is 0 Å². The molecule has 0 amide bonds. The first-order valence-corrected chi connectivity index (χ1v) is 5.26. The van der Waals surface area contributed by atoms with Crippen LogP contribution in [-0.2, 0) is 0 Å². The maximum Gasteiger partial charge on any atom is 0.0814 e. The Morgan fingerprint density at radius 3 is 2.47 bits per heavy atom. The van der Waals surface area contributed by atoms with E-state index in [0.29, 0.717) is 12.8 Å². The molecule has 1 rings (SSSR count). The Hall–Kier alpha value is -1.12. The minimum Gasteiger partial charge on any atom is -0.393 e. The largest absolute Gasteiger partial charge is 0.393 e. The molecule has 0 heterocycles. The lowest BCUT2D eigenvalue weighted by atomic mass is 10.0. The summed E-state index contributed by atoms with van der Waals surface area (Å²) in [6.07, 6.45) is 3.73. The van der Waals surface area contributed by atoms with E-state index in [1.165, 1.54) is 0 Å². The number of benzene rings is 1. The number of aliphatic hydroxyl groups excluding tert-OH is 2. The van der Waals surface area contributed by atoms with Crippen LogP contribution in [0.25, 0.3) is 0 Å². The summed E-state index contributed by atoms with van der Waals surface area (Å²) in [7, 11) is 0. The normalized spacial score (nSPS) is 15.4. The molecule has 0 spiro atoms. The van der Waals surface area contributed by atoms with Gasteiger partial charge >= 0.3 is 0 Å². The average molecular weight is 206 g/mol. The zero-order valence-electron chi connectivity index (χ0n) is 9.00. The molecule has 15 heavy (non-hydrogen) atoms. The van der Waals surface area contributed by atoms with Gasteiger partial charge in [0.1, 0.15) is 0 Å². The maximum absolute atomic E-state index is 9.81. The van der Waals surface area contributed by atoms with Gasteiger partial charge in [0.05, 0.1) is 12.2 Å². The third kappa shape index (κ3) is 4.28. The molecule has 0 aliphatic heterocycles. The Balaban J connectivity index is 2.45. The lowest BCUT2D eigenvalue weighted by molar-refractivity contribution is 0.0822. The Kier molecular flexibility index (Phi) is 5.08. The summed E-state index contributed by atoms with van der Waals surface area (Å²) in [6, 6.07) is 9.42. The highest BCUT2D eigenvalue weighted by Crippen LogP contribution is 2.18. The second-order valence-corrected chi connectivity index (χ2v) is 3.62. The van der Waals surface area contributed by atoms with Gasteiger partial charge in [-0.2, -0.15) is 0 Å². The molecule has 1 aromatic carbocycles. The summed E-state index contributed by atoms with van der Waals surface area (Å²) >= 11 is 0. The molecule has 0 aliphatic rings. The van der Waals surface area contributed by atoms with Gasteiger partial charge in [0.15, 0.2) is 0 Å². The Morgan fingerprint density at radius 1 is 1.20 bits per heavy atom. The summed E-state index contributed by atoms with van der Waals surface area (Å²) in [4.78, 5) is 0. The van der Waals surface area contributed by atoms with E-state index >= 15 is 0 Å². The van der Waals surface area contributed by atoms with Crippen LogP contribution >= 0.6 is 0 Å². The second kappa shape index (κ2) is 6.38. The van der Waals surface area contributed by atoms with E-state index in [2.05, 4.69) is 0 Å². The zero-order valence-corrected chi connectivity index (χ0v) is 9.00. The standard InChI is InChI=1S/C13H18O2/c1-2-3-9-12(14)10-13(15)11-7-5-4-6-8-11/h2-8,12-15H,9-10H2,1H3/b3-2+/t12-,13+/m1/s1. The summed E-state index contributed by atoms with van der Waals surface area (Å²) in [6.45, 7) is 1.92. The van der Waals surface area contributed by atoms with Crippen molar-refractivity contribution in [3.8, 4) is 0 Å². The molecule has 0 unspecified atom stereocenters. The van der Waals surface area contributed by atoms with E-state index in [-0.39, 0.29) is 0 Å². The molecular weight excluding hydrogens is 188 g/mol. The Labute approximate surface area is 90.9 Å². The van der Waals surface area contributed by atoms with E-state index in [0.717, 1.165) is 5.56 Å². The van der Waals surface area contributed by atoms with Crippen molar-refractivity contribution in [1.29, 1.82) is 0 Å². The van der Waals surface area contributed by atoms with Gasteiger partial charge in [-0.25, -0.2) is 0 Å². The van der Waals surface area contributed by atoms with Gasteiger partial charge in [-0.1, -0.05) is 42.5 Å². The van der Waals surface area contributed by atoms with Crippen molar-refractivity contribution < 1.29 is 10.2 Å². The molecule has 0 fully saturated rings. The Morgan fingerprint density at radius 2 is 1.87 bits per heavy atom. The van der Waals surface area contributed by atoms with E-state index < -0.39 is 12.2 Å². The van der Waals surface area contributed by atoms with Crippen molar-refractivity contribution in [1.82, 2.24) is 0 Å². The first-order chi connectivity index (χ1) is 7.24. The fraction of sp³-hybridized carbons (Fsp3) is 0.385. The van der Waals surface area contributed by atoms with Crippen LogP contribution in [0.2, 0.25) is 0 Å². The lowest BCUT2D eigenvalue weighted by Gasteiger charge is -2.14. The van der Waals surface area contributed by atoms with Crippen LogP contribution in [0.15, 0.2) is 42.5 Å². The quantitative estimate of drug-likeness (QED) is 0.726. The molecule has 2 N–H and O–H groups in total. The van der Waals surface area contributed by atoms with Crippen molar-refractivity contribution in [2.24, 2.45) is 0 Å². The van der Waals surface area contributed by atoms with Crippen LogP contribution in [0.1, 0.15) is 31.4 Å². The molecule has 0 saturated carbocycles. The third-order valence-electron chi connectivity index (χ3n) is 2.32. The molecule has 2 heteroatoms. The molecule has 82 valence electrons. The summed E-state index contributed by atoms with van der Waals surface area (Å²) in [5.41, 5.74) is 0.858. The van der Waals surface area contributed by atoms with Gasteiger partial charge in [-0.3, -0.25) is 0 Å². The summed E-state index contributed by atoms with van der Waals surface area (Å²) < 4.78 is 0. The van der Waals surface area contributed by atoms with E-state index in [4.69, 9.17) is 0 Å². The van der Waals surface area contributed by atoms with Crippen molar-refractivity contribution in [3.05, 3.63) is 48.0 Å². The molecule has 0 aromatic heterocycles. The summed E-state index contributed by atoms with van der Waals surface area (Å²) in [5, 5.41) is 19.4. The van der Waals surface area contributed by atoms with Crippen LogP contribution < -0.4 is 0 Å². The maximum atomic E-state index is 9.81. The lowest BCUT2D eigenvalue weighted by Crippen LogP contribution is -2.11. The summed E-state index contributed by atoms with van der Waals surface area (Å²) in [5.74, 6) is 0. The number of allylic oxidation sites excluding steroid dienone is 1. The van der Waals surface area contributed by atoms with E-state index in [1.807, 2.05) is 49.4 Å². The second-order valence-electron chi connectivity index (χ2n) is 3.62. The molecule has 2 nitrogen and oxygen atoms in total. The first kappa shape index (κ1) is 12.0. The van der Waals surface area contributed by atoms with Crippen molar-refractivity contribution in [2.75, 3.05) is 0 Å².